The Hall–Kier alpha value is -3.69. The van der Waals surface area contributed by atoms with E-state index in [0.717, 1.165) is 4.90 Å². The van der Waals surface area contributed by atoms with Crippen LogP contribution in [0.3, 0.4) is 0 Å². The van der Waals surface area contributed by atoms with Gasteiger partial charge in [0, 0.05) is 17.8 Å². The number of methoxy groups -OCH3 is 1. The first kappa shape index (κ1) is 17.7. The summed E-state index contributed by atoms with van der Waals surface area (Å²) in [5.74, 6) is -0.241. The Morgan fingerprint density at radius 3 is 2.93 bits per heavy atom. The van der Waals surface area contributed by atoms with Gasteiger partial charge in [-0.05, 0) is 12.1 Å². The first-order valence-electron chi connectivity index (χ1n) is 8.43. The van der Waals surface area contributed by atoms with E-state index < -0.39 is 30.3 Å². The van der Waals surface area contributed by atoms with Gasteiger partial charge in [-0.15, -0.1) is 4.99 Å². The number of nitrogens with zero attached hydrogens (tertiary/aromatic N) is 3. The minimum absolute atomic E-state index is 0.119. The molecule has 0 aromatic heterocycles. The van der Waals surface area contributed by atoms with Gasteiger partial charge in [-0.25, -0.2) is 4.79 Å². The monoisotopic (exact) mass is 385 g/mol. The van der Waals surface area contributed by atoms with Crippen molar-refractivity contribution < 1.29 is 33.2 Å². The van der Waals surface area contributed by atoms with Crippen molar-refractivity contribution in [3.05, 3.63) is 30.0 Å². The summed E-state index contributed by atoms with van der Waals surface area (Å²) >= 11 is 0. The molecule has 4 rings (SSSR count). The van der Waals surface area contributed by atoms with Gasteiger partial charge in [-0.2, -0.15) is 9.48 Å². The average molecular weight is 385 g/mol. The first-order valence-corrected chi connectivity index (χ1v) is 8.43. The van der Waals surface area contributed by atoms with E-state index in [-0.39, 0.29) is 12.6 Å². The molecule has 3 aliphatic heterocycles. The van der Waals surface area contributed by atoms with E-state index in [1.807, 2.05) is 0 Å². The molecule has 10 nitrogen and oxygen atoms in total. The van der Waals surface area contributed by atoms with Crippen LogP contribution in [0.15, 0.2) is 35.0 Å². The molecule has 0 saturated carbocycles. The number of aliphatic imine (C=N–C) groups is 1. The van der Waals surface area contributed by atoms with Crippen LogP contribution in [0.4, 0.5) is 10.5 Å². The minimum atomic E-state index is -0.865. The molecule has 1 N–H and O–H groups in total. The third-order valence-corrected chi connectivity index (χ3v) is 4.56. The number of carbonyl (C=O) groups excluding carboxylic acids is 3. The van der Waals surface area contributed by atoms with Gasteiger partial charge in [0.05, 0.1) is 14.2 Å². The number of anilines is 1. The van der Waals surface area contributed by atoms with Crippen LogP contribution < -0.4 is 14.8 Å². The molecule has 0 bridgehead atoms. The number of nitrogens with one attached hydrogen (secondary N) is 1. The van der Waals surface area contributed by atoms with Crippen LogP contribution in [0.5, 0.6) is 11.5 Å². The SMILES string of the molecule is COC1=CC=NC2=[N+](C)C(=O)N(CC(=O)Nc3ccc4c(c3)OCO4)C(=O)C12. The molecule has 1 atom stereocenters. The summed E-state index contributed by atoms with van der Waals surface area (Å²) in [6.45, 7) is -0.325. The number of carbonyl (C=O) groups is 3. The van der Waals surface area contributed by atoms with E-state index in [4.69, 9.17) is 14.2 Å². The summed E-state index contributed by atoms with van der Waals surface area (Å²) in [6, 6.07) is 4.29. The van der Waals surface area contributed by atoms with Crippen LogP contribution in [0.1, 0.15) is 0 Å². The number of amides is 4. The van der Waals surface area contributed by atoms with Gasteiger partial charge in [0.2, 0.25) is 6.79 Å². The van der Waals surface area contributed by atoms with E-state index in [0.29, 0.717) is 22.9 Å². The Labute approximate surface area is 159 Å². The minimum Gasteiger partial charge on any atom is -0.499 e. The summed E-state index contributed by atoms with van der Waals surface area (Å²) in [4.78, 5) is 42.9. The number of hydrogen-bond donors (Lipinski definition) is 1. The van der Waals surface area contributed by atoms with Crippen LogP contribution >= 0.6 is 0 Å². The van der Waals surface area contributed by atoms with Crippen LogP contribution in [0, 0.1) is 5.92 Å². The van der Waals surface area contributed by atoms with E-state index in [2.05, 4.69) is 10.3 Å². The fraction of sp³-hybridized carbons (Fsp3) is 0.278. The van der Waals surface area contributed by atoms with Gasteiger partial charge >= 0.3 is 11.9 Å². The van der Waals surface area contributed by atoms with E-state index in [1.54, 1.807) is 24.3 Å². The van der Waals surface area contributed by atoms with Gasteiger partial charge in [0.25, 0.3) is 11.7 Å². The maximum atomic E-state index is 12.9. The standard InChI is InChI=1S/C18H16N4O6/c1-21-16-15(12(26-2)5-6-19-16)17(24)22(18(21)25)8-14(23)20-10-3-4-11-13(7-10)28-9-27-11/h3-7,15H,8-9H2,1-2H3/p+1. The molecule has 0 spiro atoms. The predicted molar refractivity (Wildman–Crippen MR) is 96.6 cm³/mol. The van der Waals surface area contributed by atoms with Gasteiger partial charge in [-0.1, -0.05) is 0 Å². The third-order valence-electron chi connectivity index (χ3n) is 4.56. The van der Waals surface area contributed by atoms with Crippen molar-refractivity contribution in [1.29, 1.82) is 0 Å². The zero-order valence-corrected chi connectivity index (χ0v) is 15.2. The van der Waals surface area contributed by atoms with Crippen molar-refractivity contribution in [2.75, 3.05) is 32.8 Å². The maximum Gasteiger partial charge on any atom is 0.446 e. The summed E-state index contributed by atoms with van der Waals surface area (Å²) in [5.41, 5.74) is 0.464. The number of imide groups is 1. The lowest BCUT2D eigenvalue weighted by Gasteiger charge is -2.27. The second-order valence-corrected chi connectivity index (χ2v) is 6.22. The molecule has 3 heterocycles. The van der Waals surface area contributed by atoms with Crippen molar-refractivity contribution in [2.24, 2.45) is 10.9 Å². The smallest absolute Gasteiger partial charge is 0.446 e. The number of hydrogen-bond acceptors (Lipinski definition) is 7. The van der Waals surface area contributed by atoms with Crippen molar-refractivity contribution in [1.82, 2.24) is 4.90 Å². The van der Waals surface area contributed by atoms with Crippen molar-refractivity contribution in [3.63, 3.8) is 0 Å². The highest BCUT2D eigenvalue weighted by molar-refractivity contribution is 6.16. The molecule has 10 heteroatoms. The highest BCUT2D eigenvalue weighted by Crippen LogP contribution is 2.34. The molecular weight excluding hydrogens is 368 g/mol. The Bertz CT molecular complexity index is 980. The summed E-state index contributed by atoms with van der Waals surface area (Å²) in [6.07, 6.45) is 3.02. The van der Waals surface area contributed by atoms with Crippen LogP contribution in [-0.2, 0) is 14.3 Å². The number of dihydropyridines is 1. The van der Waals surface area contributed by atoms with Crippen molar-refractivity contribution in [2.45, 2.75) is 0 Å². The Kier molecular flexibility index (Phi) is 4.30. The quantitative estimate of drug-likeness (QED) is 0.760. The maximum absolute atomic E-state index is 12.9. The lowest BCUT2D eigenvalue weighted by molar-refractivity contribution is -0.408. The highest BCUT2D eigenvalue weighted by Gasteiger charge is 2.50. The van der Waals surface area contributed by atoms with E-state index >= 15 is 0 Å². The normalized spacial score (nSPS) is 20.1. The Morgan fingerprint density at radius 1 is 1.36 bits per heavy atom. The number of amidine groups is 1. The molecule has 0 aliphatic carbocycles. The molecule has 0 fully saturated rings. The van der Waals surface area contributed by atoms with Crippen molar-refractivity contribution >= 4 is 35.6 Å². The first-order chi connectivity index (χ1) is 13.5. The third kappa shape index (κ3) is 2.88. The van der Waals surface area contributed by atoms with Crippen molar-refractivity contribution in [3.8, 4) is 11.5 Å². The molecule has 28 heavy (non-hydrogen) atoms. The molecule has 0 saturated heterocycles. The number of rotatable bonds is 4. The Balaban J connectivity index is 1.53. The van der Waals surface area contributed by atoms with Gasteiger partial charge in [-0.3, -0.25) is 9.59 Å². The van der Waals surface area contributed by atoms with Gasteiger partial charge in [0.1, 0.15) is 12.0 Å². The lowest BCUT2D eigenvalue weighted by Crippen LogP contribution is -2.56. The Morgan fingerprint density at radius 2 is 2.14 bits per heavy atom. The summed E-state index contributed by atoms with van der Waals surface area (Å²) < 4.78 is 17.0. The zero-order valence-electron chi connectivity index (χ0n) is 15.2. The number of urea groups is 1. The molecule has 1 aromatic rings. The topological polar surface area (TPSA) is 110 Å². The average Bonchev–Trinajstić information content (AvgIpc) is 3.16. The predicted octanol–water partition coefficient (Wildman–Crippen LogP) is 0.588. The number of ether oxygens (including phenoxy) is 3. The summed E-state index contributed by atoms with van der Waals surface area (Å²) in [5, 5.41) is 2.65. The molecule has 4 amide bonds. The fourth-order valence-electron chi connectivity index (χ4n) is 3.18. The molecule has 1 unspecified atom stereocenters. The second kappa shape index (κ2) is 6.80. The second-order valence-electron chi connectivity index (χ2n) is 6.22. The fourth-order valence-corrected chi connectivity index (χ4v) is 3.18. The van der Waals surface area contributed by atoms with Gasteiger partial charge in [0.15, 0.2) is 24.0 Å². The number of allylic oxidation sites excluding steroid dienone is 1. The van der Waals surface area contributed by atoms with Crippen LogP contribution in [-0.4, -0.2) is 66.9 Å². The molecule has 3 aliphatic rings. The summed E-state index contributed by atoms with van der Waals surface area (Å²) in [7, 11) is 2.93. The molecule has 1 aromatic carbocycles. The molecular formula is C18H17N4O6+. The van der Waals surface area contributed by atoms with Crippen LogP contribution in [0.2, 0.25) is 0 Å². The highest BCUT2D eigenvalue weighted by atomic mass is 16.7. The largest absolute Gasteiger partial charge is 0.499 e. The number of benzene rings is 1. The van der Waals surface area contributed by atoms with Gasteiger partial charge < -0.3 is 19.5 Å². The zero-order chi connectivity index (χ0) is 19.8. The lowest BCUT2D eigenvalue weighted by atomic mass is 9.99. The van der Waals surface area contributed by atoms with Crippen LogP contribution in [0.25, 0.3) is 0 Å². The van der Waals surface area contributed by atoms with E-state index in [1.165, 1.54) is 24.9 Å². The number of fused-ring (bicyclic) bond motifs is 2. The molecule has 0 radical (unpaired) electrons. The molecule has 144 valence electrons. The van der Waals surface area contributed by atoms with E-state index in [9.17, 15) is 14.4 Å².